The number of hydrogen-bond acceptors (Lipinski definition) is 11. The van der Waals surface area contributed by atoms with Crippen LogP contribution in [0.2, 0.25) is 51.4 Å². The van der Waals surface area contributed by atoms with Crippen molar-refractivity contribution >= 4 is 56.8 Å². The lowest BCUT2D eigenvalue weighted by Gasteiger charge is -2.35. The van der Waals surface area contributed by atoms with E-state index in [1.165, 1.54) is 7.11 Å². The molecule has 4 aromatic rings. The Bertz CT molecular complexity index is 2610. The highest BCUT2D eigenvalue weighted by Crippen LogP contribution is 2.42. The third-order valence-electron chi connectivity index (χ3n) is 13.6. The van der Waals surface area contributed by atoms with Crippen LogP contribution in [0, 0.1) is 0 Å². The van der Waals surface area contributed by atoms with E-state index in [0.29, 0.717) is 110 Å². The van der Waals surface area contributed by atoms with Crippen molar-refractivity contribution in [2.45, 2.75) is 109 Å². The molecule has 374 valence electrons. The zero-order chi connectivity index (χ0) is 49.9. The number of amides is 4. The van der Waals surface area contributed by atoms with E-state index in [1.54, 1.807) is 51.0 Å². The number of nitrogen functional groups attached to an aromatic ring is 1. The first-order chi connectivity index (χ1) is 33.4. The van der Waals surface area contributed by atoms with Gasteiger partial charge in [-0.1, -0.05) is 69.6 Å². The van der Waals surface area contributed by atoms with Crippen molar-refractivity contribution in [3.05, 3.63) is 100 Å². The van der Waals surface area contributed by atoms with Crippen molar-refractivity contribution in [3.8, 4) is 23.0 Å². The third-order valence-corrected chi connectivity index (χ3v) is 17.0. The zero-order valence-corrected chi connectivity index (χ0v) is 44.1. The number of nitrogens with zero attached hydrogens (tertiary/aromatic N) is 4. The average molecular weight is 992 g/mol. The normalized spacial score (nSPS) is 17.7. The summed E-state index contributed by atoms with van der Waals surface area (Å²) in [4.78, 5) is 64.4. The molecule has 0 saturated heterocycles. The number of ether oxygens (including phenoxy) is 6. The van der Waals surface area contributed by atoms with E-state index in [9.17, 15) is 19.2 Å². The molecule has 2 atom stereocenters. The maximum Gasteiger partial charge on any atom is 0.257 e. The fourth-order valence-electron chi connectivity index (χ4n) is 9.41. The molecular formula is C53H69N5O10Si2. The molecule has 4 aromatic carbocycles. The highest BCUT2D eigenvalue weighted by atomic mass is 28.3. The van der Waals surface area contributed by atoms with E-state index < -0.39 is 28.2 Å². The van der Waals surface area contributed by atoms with Crippen molar-refractivity contribution in [2.75, 3.05) is 69.6 Å². The minimum absolute atomic E-state index is 0.00576. The topological polar surface area (TPSA) is 163 Å². The Balaban J connectivity index is 0.949. The van der Waals surface area contributed by atoms with Crippen LogP contribution >= 0.6 is 0 Å². The second kappa shape index (κ2) is 21.2. The first kappa shape index (κ1) is 50.5. The maximum atomic E-state index is 14.5. The second-order valence-electron chi connectivity index (χ2n) is 21.1. The number of anilines is 3. The van der Waals surface area contributed by atoms with Gasteiger partial charge in [0.15, 0.2) is 23.0 Å². The molecule has 0 fully saturated rings. The van der Waals surface area contributed by atoms with Gasteiger partial charge in [0.2, 0.25) is 0 Å². The van der Waals surface area contributed by atoms with Gasteiger partial charge in [-0.25, -0.2) is 0 Å². The number of carbonyl (C=O) groups excluding carboxylic acids is 4. The molecule has 8 rings (SSSR count). The zero-order valence-electron chi connectivity index (χ0n) is 42.1. The fourth-order valence-corrected chi connectivity index (χ4v) is 10.9. The van der Waals surface area contributed by atoms with Crippen LogP contribution in [0.1, 0.15) is 62.2 Å². The van der Waals surface area contributed by atoms with Crippen LogP contribution in [0.5, 0.6) is 23.0 Å². The molecule has 15 nitrogen and oxygen atoms in total. The molecule has 0 unspecified atom stereocenters. The van der Waals surface area contributed by atoms with Gasteiger partial charge in [-0.2, -0.15) is 0 Å². The SMILES string of the molecule is COc1cc2c(cc1OCCCCCOc1cc3c(cc1OC)C(=O)N1Cc4ccccc4C[C@H]1C(=O)N3COCC[Si](C)(C)C)N(COCC[Si](C)(C)C)C(=O)[C@H]1Cc3ccc(N)cc3CN1C2=O. The molecule has 0 aliphatic carbocycles. The summed E-state index contributed by atoms with van der Waals surface area (Å²) in [7, 11) is 0.256. The molecule has 0 saturated carbocycles. The Morgan fingerprint density at radius 2 is 1.00 bits per heavy atom. The van der Waals surface area contributed by atoms with Crippen molar-refractivity contribution < 1.29 is 47.6 Å². The largest absolute Gasteiger partial charge is 0.493 e. The van der Waals surface area contributed by atoms with Gasteiger partial charge in [-0.05, 0) is 77.9 Å². The Kier molecular flexibility index (Phi) is 15.3. The van der Waals surface area contributed by atoms with Crippen LogP contribution in [0.15, 0.2) is 66.7 Å². The molecule has 0 aromatic heterocycles. The molecule has 4 amide bonds. The number of rotatable bonds is 20. The summed E-state index contributed by atoms with van der Waals surface area (Å²) in [6, 6.07) is 20.9. The van der Waals surface area contributed by atoms with Gasteiger partial charge in [0.1, 0.15) is 25.5 Å². The van der Waals surface area contributed by atoms with E-state index in [2.05, 4.69) is 39.3 Å². The number of nitrogens with two attached hydrogens (primary N) is 1. The van der Waals surface area contributed by atoms with E-state index in [4.69, 9.17) is 34.2 Å². The van der Waals surface area contributed by atoms with E-state index in [1.807, 2.05) is 42.5 Å². The smallest absolute Gasteiger partial charge is 0.257 e. The standard InChI is InChI=1S/C53H69N5O10Si2/c1-63-46-27-40-42(57(33-65-20-22-69(3,4)5)52(61)44-25-35-14-10-11-15-37(35)31-55(44)50(40)59)29-48(46)67-18-12-9-13-19-68-49-30-43-41(28-47(49)64-2)51(60)56-32-38-24-39(54)17-16-36(38)26-45(56)53(62)58(43)34-66-21-23-70(6,7)8/h10-11,14-17,24,27-30,44-45H,9,12-13,18-23,25-26,31-34,54H2,1-8H3/t44-,45+/m0/s1. The molecule has 4 aliphatic heterocycles. The summed E-state index contributed by atoms with van der Waals surface area (Å²) in [6.07, 6.45) is 2.84. The van der Waals surface area contributed by atoms with Gasteiger partial charge in [-0.3, -0.25) is 29.0 Å². The number of fused-ring (bicyclic) bond motifs is 6. The lowest BCUT2D eigenvalue weighted by molar-refractivity contribution is -0.125. The number of methoxy groups -OCH3 is 2. The van der Waals surface area contributed by atoms with Gasteiger partial charge >= 0.3 is 0 Å². The number of benzene rings is 4. The highest BCUT2D eigenvalue weighted by Gasteiger charge is 2.45. The van der Waals surface area contributed by atoms with Crippen molar-refractivity contribution in [1.29, 1.82) is 0 Å². The van der Waals surface area contributed by atoms with Gasteiger partial charge in [0.05, 0.1) is 49.9 Å². The minimum atomic E-state index is -1.41. The van der Waals surface area contributed by atoms with E-state index >= 15 is 0 Å². The van der Waals surface area contributed by atoms with Gasteiger partial charge < -0.3 is 44.0 Å². The monoisotopic (exact) mass is 991 g/mol. The number of unbranched alkanes of at least 4 members (excludes halogenated alkanes) is 2. The summed E-state index contributed by atoms with van der Waals surface area (Å²) in [5.41, 5.74) is 12.3. The summed E-state index contributed by atoms with van der Waals surface area (Å²) in [5, 5.41) is 0. The lowest BCUT2D eigenvalue weighted by Crippen LogP contribution is -2.52. The van der Waals surface area contributed by atoms with E-state index in [0.717, 1.165) is 40.8 Å². The Labute approximate surface area is 414 Å². The number of carbonyl (C=O) groups is 4. The van der Waals surface area contributed by atoms with Crippen LogP contribution in [-0.4, -0.2) is 116 Å². The predicted molar refractivity (Wildman–Crippen MR) is 276 cm³/mol. The summed E-state index contributed by atoms with van der Waals surface area (Å²) in [5.74, 6) is 0.676. The first-order valence-electron chi connectivity index (χ1n) is 24.5. The Morgan fingerprint density at radius 1 is 0.543 bits per heavy atom. The lowest BCUT2D eigenvalue weighted by atomic mass is 9.92. The Hall–Kier alpha value is -5.89. The summed E-state index contributed by atoms with van der Waals surface area (Å²) in [6.45, 7) is 15.9. The van der Waals surface area contributed by atoms with Crippen LogP contribution in [0.4, 0.5) is 17.1 Å². The molecule has 17 heteroatoms. The van der Waals surface area contributed by atoms with Crippen LogP contribution in [0.3, 0.4) is 0 Å². The molecule has 0 spiro atoms. The average Bonchev–Trinajstić information content (AvgIpc) is 3.45. The quantitative estimate of drug-likeness (QED) is 0.0515. The minimum Gasteiger partial charge on any atom is -0.493 e. The van der Waals surface area contributed by atoms with Gasteiger partial charge in [-0.15, -0.1) is 0 Å². The summed E-state index contributed by atoms with van der Waals surface area (Å²) >= 11 is 0. The highest BCUT2D eigenvalue weighted by molar-refractivity contribution is 6.76. The van der Waals surface area contributed by atoms with Gasteiger partial charge in [0, 0.05) is 73.1 Å². The maximum absolute atomic E-state index is 14.5. The molecular weight excluding hydrogens is 923 g/mol. The predicted octanol–water partition coefficient (Wildman–Crippen LogP) is 8.37. The van der Waals surface area contributed by atoms with E-state index in [-0.39, 0.29) is 43.6 Å². The van der Waals surface area contributed by atoms with Crippen LogP contribution in [0.25, 0.3) is 0 Å². The molecule has 4 heterocycles. The molecule has 4 aliphatic rings. The van der Waals surface area contributed by atoms with Crippen LogP contribution in [-0.2, 0) is 45.0 Å². The van der Waals surface area contributed by atoms with Crippen molar-refractivity contribution in [2.24, 2.45) is 0 Å². The number of hydrogen-bond donors (Lipinski definition) is 1. The Morgan fingerprint density at radius 3 is 1.47 bits per heavy atom. The van der Waals surface area contributed by atoms with Crippen molar-refractivity contribution in [3.63, 3.8) is 0 Å². The second-order valence-corrected chi connectivity index (χ2v) is 32.4. The fraction of sp³-hybridized carbons (Fsp3) is 0.472. The molecule has 2 N–H and O–H groups in total. The molecule has 0 radical (unpaired) electrons. The first-order valence-corrected chi connectivity index (χ1v) is 31.9. The molecule has 0 bridgehead atoms. The summed E-state index contributed by atoms with van der Waals surface area (Å²) < 4.78 is 36.7. The molecule has 70 heavy (non-hydrogen) atoms. The van der Waals surface area contributed by atoms with Gasteiger partial charge in [0.25, 0.3) is 23.6 Å². The van der Waals surface area contributed by atoms with Crippen molar-refractivity contribution in [1.82, 2.24) is 9.80 Å². The third kappa shape index (κ3) is 11.2. The van der Waals surface area contributed by atoms with Crippen LogP contribution < -0.4 is 34.5 Å².